The molecule has 2 aromatic carbocycles. The van der Waals surface area contributed by atoms with Gasteiger partial charge in [-0.25, -0.2) is 4.79 Å². The Hall–Kier alpha value is -3.03. The average Bonchev–Trinajstić information content (AvgIpc) is 3.03. The maximum absolute atomic E-state index is 12.9. The molecule has 1 N–H and O–H groups in total. The number of halogens is 3. The number of fused-ring (bicyclic) bond motifs is 1. The number of aromatic nitrogens is 2. The lowest BCUT2D eigenvalue weighted by molar-refractivity contribution is -0.138. The summed E-state index contributed by atoms with van der Waals surface area (Å²) < 4.78 is 40.3. The molecule has 1 saturated heterocycles. The number of carbonyl (C=O) groups is 1. The van der Waals surface area contributed by atoms with Gasteiger partial charge in [0.1, 0.15) is 0 Å². The molecule has 1 fully saturated rings. The summed E-state index contributed by atoms with van der Waals surface area (Å²) in [7, 11) is 0. The fraction of sp³-hybridized carbons (Fsp3) is 0.333. The Bertz CT molecular complexity index is 1090. The van der Waals surface area contributed by atoms with Crippen LogP contribution in [0.25, 0.3) is 11.0 Å². The highest BCUT2D eigenvalue weighted by molar-refractivity contribution is 5.79. The van der Waals surface area contributed by atoms with Gasteiger partial charge in [0, 0.05) is 19.1 Å². The number of hydrogen-bond donors (Lipinski definition) is 1. The number of benzene rings is 2. The Morgan fingerprint density at radius 2 is 1.79 bits per heavy atom. The number of para-hydroxylation sites is 2. The summed E-state index contributed by atoms with van der Waals surface area (Å²) in [5, 5.41) is 0. The second-order valence-electron chi connectivity index (χ2n) is 7.30. The SMILES string of the molecule is O=C(Cc1cccc(C(F)(F)F)c1)N1CCC(n2c(=O)[nH]c3ccccc32)CC1. The van der Waals surface area contributed by atoms with Crippen molar-refractivity contribution in [2.24, 2.45) is 0 Å². The van der Waals surface area contributed by atoms with Crippen molar-refractivity contribution in [3.8, 4) is 0 Å². The molecule has 1 amide bonds. The lowest BCUT2D eigenvalue weighted by Gasteiger charge is -2.32. The molecule has 5 nitrogen and oxygen atoms in total. The number of carbonyl (C=O) groups excluding carboxylic acids is 1. The number of nitrogens with one attached hydrogen (secondary N) is 1. The summed E-state index contributed by atoms with van der Waals surface area (Å²) in [5.41, 5.74) is 1.05. The predicted octanol–water partition coefficient (Wildman–Crippen LogP) is 3.75. The van der Waals surface area contributed by atoms with Gasteiger partial charge in [-0.3, -0.25) is 9.36 Å². The number of hydrogen-bond acceptors (Lipinski definition) is 2. The average molecular weight is 403 g/mol. The van der Waals surface area contributed by atoms with Crippen LogP contribution in [0.5, 0.6) is 0 Å². The number of piperidine rings is 1. The minimum atomic E-state index is -4.43. The van der Waals surface area contributed by atoms with E-state index in [4.69, 9.17) is 0 Å². The second-order valence-corrected chi connectivity index (χ2v) is 7.30. The van der Waals surface area contributed by atoms with E-state index in [1.165, 1.54) is 12.1 Å². The molecule has 8 heteroatoms. The van der Waals surface area contributed by atoms with Crippen LogP contribution in [0.4, 0.5) is 13.2 Å². The summed E-state index contributed by atoms with van der Waals surface area (Å²) >= 11 is 0. The zero-order valence-electron chi connectivity index (χ0n) is 15.6. The molecule has 0 spiro atoms. The van der Waals surface area contributed by atoms with Gasteiger partial charge in [0.15, 0.2) is 0 Å². The van der Waals surface area contributed by atoms with Crippen molar-refractivity contribution in [3.63, 3.8) is 0 Å². The molecular formula is C21H20F3N3O2. The quantitative estimate of drug-likeness (QED) is 0.724. The van der Waals surface area contributed by atoms with E-state index < -0.39 is 11.7 Å². The van der Waals surface area contributed by atoms with Crippen molar-refractivity contribution in [2.75, 3.05) is 13.1 Å². The van der Waals surface area contributed by atoms with E-state index in [1.807, 2.05) is 24.3 Å². The van der Waals surface area contributed by atoms with Crippen molar-refractivity contribution >= 4 is 16.9 Å². The van der Waals surface area contributed by atoms with Gasteiger partial charge in [-0.15, -0.1) is 0 Å². The number of nitrogens with zero attached hydrogens (tertiary/aromatic N) is 2. The first-order valence-corrected chi connectivity index (χ1v) is 9.46. The Balaban J connectivity index is 1.43. The van der Waals surface area contributed by atoms with Gasteiger partial charge in [0.05, 0.1) is 23.0 Å². The highest BCUT2D eigenvalue weighted by Gasteiger charge is 2.31. The standard InChI is InChI=1S/C21H20F3N3O2/c22-21(23,24)15-5-3-4-14(12-15)13-19(28)26-10-8-16(9-11-26)27-18-7-2-1-6-17(18)25-20(27)29/h1-7,12,16H,8-11,13H2,(H,25,29). The number of likely N-dealkylation sites (tertiary alicyclic amines) is 1. The number of rotatable bonds is 3. The summed E-state index contributed by atoms with van der Waals surface area (Å²) in [6.07, 6.45) is -3.25. The van der Waals surface area contributed by atoms with Crippen molar-refractivity contribution in [2.45, 2.75) is 31.5 Å². The largest absolute Gasteiger partial charge is 0.416 e. The fourth-order valence-corrected chi connectivity index (χ4v) is 3.95. The van der Waals surface area contributed by atoms with Crippen LogP contribution < -0.4 is 5.69 Å². The topological polar surface area (TPSA) is 58.1 Å². The van der Waals surface area contributed by atoms with Crippen molar-refractivity contribution < 1.29 is 18.0 Å². The fourth-order valence-electron chi connectivity index (χ4n) is 3.95. The zero-order chi connectivity index (χ0) is 20.6. The Labute approximate surface area is 164 Å². The molecule has 0 bridgehead atoms. The van der Waals surface area contributed by atoms with Crippen molar-refractivity contribution in [1.82, 2.24) is 14.5 Å². The van der Waals surface area contributed by atoms with Gasteiger partial charge >= 0.3 is 11.9 Å². The molecule has 0 unspecified atom stereocenters. The van der Waals surface area contributed by atoms with Crippen LogP contribution in [0.2, 0.25) is 0 Å². The van der Waals surface area contributed by atoms with Crippen LogP contribution in [0, 0.1) is 0 Å². The summed E-state index contributed by atoms with van der Waals surface area (Å²) in [6, 6.07) is 12.3. The Kier molecular flexibility index (Phi) is 4.94. The van der Waals surface area contributed by atoms with Gasteiger partial charge in [0.2, 0.25) is 5.91 Å². The van der Waals surface area contributed by atoms with E-state index in [2.05, 4.69) is 4.98 Å². The maximum Gasteiger partial charge on any atom is 0.416 e. The summed E-state index contributed by atoms with van der Waals surface area (Å²) in [5.74, 6) is -0.200. The van der Waals surface area contributed by atoms with Crippen LogP contribution >= 0.6 is 0 Å². The summed E-state index contributed by atoms with van der Waals surface area (Å²) in [4.78, 5) is 29.4. The van der Waals surface area contributed by atoms with Crippen LogP contribution in [0.3, 0.4) is 0 Å². The molecule has 0 radical (unpaired) electrons. The molecule has 29 heavy (non-hydrogen) atoms. The lowest BCUT2D eigenvalue weighted by Crippen LogP contribution is -2.41. The second kappa shape index (κ2) is 7.42. The zero-order valence-corrected chi connectivity index (χ0v) is 15.6. The monoisotopic (exact) mass is 403 g/mol. The van der Waals surface area contributed by atoms with Gasteiger partial charge < -0.3 is 9.88 Å². The Morgan fingerprint density at radius 3 is 2.52 bits per heavy atom. The number of aromatic amines is 1. The number of imidazole rings is 1. The third-order valence-electron chi connectivity index (χ3n) is 5.42. The van der Waals surface area contributed by atoms with Crippen LogP contribution in [-0.4, -0.2) is 33.4 Å². The van der Waals surface area contributed by atoms with E-state index in [0.29, 0.717) is 31.5 Å². The summed E-state index contributed by atoms with van der Waals surface area (Å²) in [6.45, 7) is 0.933. The molecule has 0 saturated carbocycles. The maximum atomic E-state index is 12.9. The molecule has 0 aliphatic carbocycles. The molecule has 2 heterocycles. The molecular weight excluding hydrogens is 383 g/mol. The van der Waals surface area contributed by atoms with Crippen LogP contribution in [0.1, 0.15) is 30.0 Å². The Morgan fingerprint density at radius 1 is 1.07 bits per heavy atom. The highest BCUT2D eigenvalue weighted by atomic mass is 19.4. The van der Waals surface area contributed by atoms with Gasteiger partial charge in [-0.2, -0.15) is 13.2 Å². The van der Waals surface area contributed by atoms with E-state index in [0.717, 1.165) is 23.2 Å². The molecule has 4 rings (SSSR count). The molecule has 3 aromatic rings. The molecule has 1 aromatic heterocycles. The molecule has 1 aliphatic rings. The van der Waals surface area contributed by atoms with Gasteiger partial charge in [0.25, 0.3) is 0 Å². The van der Waals surface area contributed by atoms with Crippen LogP contribution in [0.15, 0.2) is 53.3 Å². The minimum absolute atomic E-state index is 0.0174. The molecule has 152 valence electrons. The molecule has 0 atom stereocenters. The number of H-pyrrole nitrogens is 1. The van der Waals surface area contributed by atoms with Gasteiger partial charge in [-0.1, -0.05) is 30.3 Å². The van der Waals surface area contributed by atoms with E-state index in [9.17, 15) is 22.8 Å². The van der Waals surface area contributed by atoms with E-state index in [-0.39, 0.29) is 24.1 Å². The first-order valence-electron chi connectivity index (χ1n) is 9.46. The van der Waals surface area contributed by atoms with Gasteiger partial charge in [-0.05, 0) is 36.6 Å². The van der Waals surface area contributed by atoms with Crippen LogP contribution in [-0.2, 0) is 17.4 Å². The normalized spacial score (nSPS) is 15.8. The first kappa shape index (κ1) is 19.3. The minimum Gasteiger partial charge on any atom is -0.342 e. The highest BCUT2D eigenvalue weighted by Crippen LogP contribution is 2.30. The predicted molar refractivity (Wildman–Crippen MR) is 103 cm³/mol. The third kappa shape index (κ3) is 3.92. The first-order chi connectivity index (χ1) is 13.8. The van der Waals surface area contributed by atoms with Crippen molar-refractivity contribution in [1.29, 1.82) is 0 Å². The van der Waals surface area contributed by atoms with Crippen molar-refractivity contribution in [3.05, 3.63) is 70.1 Å². The third-order valence-corrected chi connectivity index (χ3v) is 5.42. The molecule has 1 aliphatic heterocycles. The van der Waals surface area contributed by atoms with E-state index in [1.54, 1.807) is 9.47 Å². The lowest BCUT2D eigenvalue weighted by atomic mass is 10.0. The number of alkyl halides is 3. The number of amides is 1. The smallest absolute Gasteiger partial charge is 0.342 e. The van der Waals surface area contributed by atoms with E-state index >= 15 is 0 Å².